The minimum atomic E-state index is -0.572. The molecular formula is C38H43N5O5. The van der Waals surface area contributed by atoms with Crippen molar-refractivity contribution >= 4 is 12.0 Å². The van der Waals surface area contributed by atoms with E-state index in [0.29, 0.717) is 6.54 Å². The van der Waals surface area contributed by atoms with Gasteiger partial charge in [-0.3, -0.25) is 4.90 Å². The average Bonchev–Trinajstić information content (AvgIpc) is 3.15. The Morgan fingerprint density at radius 2 is 1.67 bits per heavy atom. The first-order valence-corrected chi connectivity index (χ1v) is 16.5. The molecule has 2 N–H and O–H groups in total. The van der Waals surface area contributed by atoms with Crippen LogP contribution in [0.25, 0.3) is 11.1 Å². The largest absolute Gasteiger partial charge is 0.445 e. The fourth-order valence-corrected chi connectivity index (χ4v) is 6.25. The van der Waals surface area contributed by atoms with E-state index in [-0.39, 0.29) is 31.3 Å². The first-order chi connectivity index (χ1) is 23.5. The molecule has 0 unspecified atom stereocenters. The number of amides is 1. The van der Waals surface area contributed by atoms with Crippen LogP contribution < -0.4 is 10.2 Å². The van der Waals surface area contributed by atoms with Gasteiger partial charge in [-0.2, -0.15) is 0 Å². The van der Waals surface area contributed by atoms with Gasteiger partial charge in [0.1, 0.15) is 6.61 Å². The van der Waals surface area contributed by atoms with Crippen LogP contribution in [0.1, 0.15) is 41.6 Å². The van der Waals surface area contributed by atoms with Crippen LogP contribution in [-0.2, 0) is 27.4 Å². The molecule has 6 rings (SSSR count). The van der Waals surface area contributed by atoms with Gasteiger partial charge in [0.15, 0.2) is 6.29 Å². The van der Waals surface area contributed by atoms with Gasteiger partial charge in [0.05, 0.1) is 18.8 Å². The molecule has 2 aliphatic heterocycles. The number of nitrogens with zero attached hydrogens (tertiary/aromatic N) is 4. The molecule has 48 heavy (non-hydrogen) atoms. The van der Waals surface area contributed by atoms with E-state index in [2.05, 4.69) is 62.9 Å². The lowest BCUT2D eigenvalue weighted by Crippen LogP contribution is -2.51. The number of rotatable bonds is 11. The van der Waals surface area contributed by atoms with Crippen LogP contribution in [0.3, 0.4) is 0 Å². The lowest BCUT2D eigenvalue weighted by Gasteiger charge is -2.44. The Morgan fingerprint density at radius 1 is 0.938 bits per heavy atom. The highest BCUT2D eigenvalue weighted by molar-refractivity contribution is 5.68. The van der Waals surface area contributed by atoms with Crippen LogP contribution in [0.15, 0.2) is 104 Å². The second-order valence-corrected chi connectivity index (χ2v) is 12.2. The first kappa shape index (κ1) is 33.3. The lowest BCUT2D eigenvalue weighted by molar-refractivity contribution is -0.276. The van der Waals surface area contributed by atoms with Gasteiger partial charge >= 0.3 is 6.09 Å². The summed E-state index contributed by atoms with van der Waals surface area (Å²) < 4.78 is 18.6. The zero-order chi connectivity index (χ0) is 33.3. The van der Waals surface area contributed by atoms with Crippen molar-refractivity contribution < 1.29 is 24.1 Å². The van der Waals surface area contributed by atoms with E-state index < -0.39 is 12.4 Å². The molecule has 4 atom stereocenters. The molecule has 0 spiro atoms. The molecule has 3 aromatic carbocycles. The summed E-state index contributed by atoms with van der Waals surface area (Å²) in [6.07, 6.45) is 3.78. The third-order valence-electron chi connectivity index (χ3n) is 8.96. The minimum Gasteiger partial charge on any atom is -0.445 e. The molecule has 4 aromatic rings. The van der Waals surface area contributed by atoms with Crippen LogP contribution in [0.5, 0.6) is 0 Å². The molecule has 1 aromatic heterocycles. The Hall–Kier alpha value is -4.61. The topological polar surface area (TPSA) is 109 Å². The van der Waals surface area contributed by atoms with Gasteiger partial charge in [0, 0.05) is 63.1 Å². The van der Waals surface area contributed by atoms with Crippen molar-refractivity contribution in [3.8, 4) is 11.1 Å². The zero-order valence-corrected chi connectivity index (χ0v) is 27.3. The number of nitrogens with one attached hydrogen (secondary N) is 1. The summed E-state index contributed by atoms with van der Waals surface area (Å²) in [5.74, 6) is 0.856. The Morgan fingerprint density at radius 3 is 2.40 bits per heavy atom. The van der Waals surface area contributed by atoms with Gasteiger partial charge in [-0.05, 0) is 46.0 Å². The summed E-state index contributed by atoms with van der Waals surface area (Å²) in [4.78, 5) is 25.5. The predicted octanol–water partition coefficient (Wildman–Crippen LogP) is 5.66. The van der Waals surface area contributed by atoms with Gasteiger partial charge in [-0.1, -0.05) is 80.2 Å². The van der Waals surface area contributed by atoms with Crippen molar-refractivity contribution in [2.45, 2.75) is 38.6 Å². The molecule has 0 aliphatic carbocycles. The molecule has 0 saturated carbocycles. The molecule has 10 heteroatoms. The zero-order valence-electron chi connectivity index (χ0n) is 27.3. The maximum absolute atomic E-state index is 11.9. The van der Waals surface area contributed by atoms with E-state index in [9.17, 15) is 9.90 Å². The standard InChI is InChI=1S/C38H43N5O5/c1-3-21-46-38(45)41-24-29-7-4-8-31(22-29)32-9-5-10-33(23-32)36-47-34(27(2)35(48-36)30-13-11-28(26-44)12-14-30)25-42-17-19-43(20-18-42)37-39-15-6-16-40-37/h3-16,22-23,27,34-36,44H,1,17-21,24-26H2,2H3,(H,41,45)/t27-,34+,35+,36+/m0/s1. The number of carbonyl (C=O) groups is 1. The maximum Gasteiger partial charge on any atom is 0.407 e. The van der Waals surface area contributed by atoms with Crippen molar-refractivity contribution in [3.05, 3.63) is 126 Å². The van der Waals surface area contributed by atoms with Gasteiger partial charge in [0.25, 0.3) is 0 Å². The number of piperazine rings is 1. The van der Waals surface area contributed by atoms with Crippen molar-refractivity contribution in [1.82, 2.24) is 20.2 Å². The summed E-state index contributed by atoms with van der Waals surface area (Å²) >= 11 is 0. The molecule has 10 nitrogen and oxygen atoms in total. The predicted molar refractivity (Wildman–Crippen MR) is 184 cm³/mol. The second-order valence-electron chi connectivity index (χ2n) is 12.2. The number of alkyl carbamates (subject to hydrolysis) is 1. The molecule has 3 heterocycles. The van der Waals surface area contributed by atoms with Crippen molar-refractivity contribution in [2.24, 2.45) is 5.92 Å². The number of aromatic nitrogens is 2. The number of ether oxygens (including phenoxy) is 3. The molecule has 2 saturated heterocycles. The lowest BCUT2D eigenvalue weighted by atomic mass is 9.89. The highest BCUT2D eigenvalue weighted by Crippen LogP contribution is 2.42. The SMILES string of the molecule is C=CCOC(=O)NCc1cccc(-c2cccc([C@@H]3O[C@H](CN4CCN(c5ncccn5)CC4)[C@H](C)[C@H](c4ccc(CO)cc4)O3)c2)c1. The molecule has 0 radical (unpaired) electrons. The third kappa shape index (κ3) is 8.26. The van der Waals surface area contributed by atoms with Crippen LogP contribution in [0.2, 0.25) is 0 Å². The van der Waals surface area contributed by atoms with E-state index in [0.717, 1.165) is 72.1 Å². The molecule has 2 aliphatic rings. The molecular weight excluding hydrogens is 606 g/mol. The van der Waals surface area contributed by atoms with Crippen LogP contribution in [-0.4, -0.2) is 71.5 Å². The number of carbonyl (C=O) groups excluding carboxylic acids is 1. The summed E-state index contributed by atoms with van der Waals surface area (Å²) in [7, 11) is 0. The summed E-state index contributed by atoms with van der Waals surface area (Å²) in [6, 6.07) is 26.2. The van der Waals surface area contributed by atoms with Crippen LogP contribution >= 0.6 is 0 Å². The Bertz CT molecular complexity index is 1650. The van der Waals surface area contributed by atoms with E-state index in [1.54, 1.807) is 12.4 Å². The first-order valence-electron chi connectivity index (χ1n) is 16.5. The van der Waals surface area contributed by atoms with E-state index in [4.69, 9.17) is 14.2 Å². The fraction of sp³-hybridized carbons (Fsp3) is 0.342. The number of hydrogen-bond acceptors (Lipinski definition) is 9. The Kier molecular flexibility index (Phi) is 11.1. The van der Waals surface area contributed by atoms with Gasteiger partial charge in [0.2, 0.25) is 5.95 Å². The number of hydrogen-bond donors (Lipinski definition) is 2. The van der Waals surface area contributed by atoms with E-state index in [1.165, 1.54) is 6.08 Å². The summed E-state index contributed by atoms with van der Waals surface area (Å²) in [6.45, 7) is 10.5. The molecule has 2 fully saturated rings. The molecule has 1 amide bonds. The maximum atomic E-state index is 11.9. The van der Waals surface area contributed by atoms with Gasteiger partial charge in [-0.25, -0.2) is 14.8 Å². The van der Waals surface area contributed by atoms with E-state index >= 15 is 0 Å². The van der Waals surface area contributed by atoms with E-state index in [1.807, 2.05) is 54.6 Å². The summed E-state index contributed by atoms with van der Waals surface area (Å²) in [5, 5.41) is 12.4. The highest BCUT2D eigenvalue weighted by Gasteiger charge is 2.39. The van der Waals surface area contributed by atoms with Gasteiger partial charge < -0.3 is 29.5 Å². The average molecular weight is 650 g/mol. The number of aliphatic hydroxyl groups excluding tert-OH is 1. The van der Waals surface area contributed by atoms with Crippen LogP contribution in [0.4, 0.5) is 10.7 Å². The normalized spacial score (nSPS) is 21.4. The van der Waals surface area contributed by atoms with Crippen molar-refractivity contribution in [1.29, 1.82) is 0 Å². The number of aliphatic hydroxyl groups is 1. The van der Waals surface area contributed by atoms with Crippen molar-refractivity contribution in [3.63, 3.8) is 0 Å². The Balaban J connectivity index is 1.19. The Labute approximate surface area is 282 Å². The quantitative estimate of drug-likeness (QED) is 0.199. The molecule has 250 valence electrons. The number of benzene rings is 3. The van der Waals surface area contributed by atoms with Gasteiger partial charge in [-0.15, -0.1) is 0 Å². The number of anilines is 1. The second kappa shape index (κ2) is 16.0. The minimum absolute atomic E-state index is 0.000824. The fourth-order valence-electron chi connectivity index (χ4n) is 6.25. The smallest absolute Gasteiger partial charge is 0.407 e. The monoisotopic (exact) mass is 649 g/mol. The van der Waals surface area contributed by atoms with Crippen LogP contribution in [0, 0.1) is 5.92 Å². The molecule has 0 bridgehead atoms. The van der Waals surface area contributed by atoms with Crippen molar-refractivity contribution in [2.75, 3.05) is 44.2 Å². The third-order valence-corrected chi connectivity index (χ3v) is 8.96. The summed E-state index contributed by atoms with van der Waals surface area (Å²) in [5.41, 5.74) is 5.86. The highest BCUT2D eigenvalue weighted by atomic mass is 16.7.